The van der Waals surface area contributed by atoms with Crippen molar-refractivity contribution in [3.8, 4) is 0 Å². The number of aromatic nitrogens is 1. The number of methoxy groups -OCH3 is 1. The molecule has 1 amide bonds. The fourth-order valence-electron chi connectivity index (χ4n) is 6.21. The molecule has 0 aliphatic carbocycles. The van der Waals surface area contributed by atoms with Crippen LogP contribution in [0.3, 0.4) is 0 Å². The average Bonchev–Trinajstić information content (AvgIpc) is 3.83. The first-order valence-corrected chi connectivity index (χ1v) is 19.8. The molecule has 3 aromatic carbocycles. The molecule has 0 aliphatic heterocycles. The zero-order valence-corrected chi connectivity index (χ0v) is 31.4. The van der Waals surface area contributed by atoms with E-state index < -0.39 is 95.5 Å². The molecule has 9 nitrogen and oxygen atoms in total. The summed E-state index contributed by atoms with van der Waals surface area (Å²) in [5, 5.41) is 12.9. The average molecular weight is 828 g/mol. The quantitative estimate of drug-likeness (QED) is 0.0955. The van der Waals surface area contributed by atoms with E-state index in [0.29, 0.717) is 37.0 Å². The van der Waals surface area contributed by atoms with Gasteiger partial charge in [-0.3, -0.25) is 4.79 Å². The molecule has 18 heteroatoms. The number of fused-ring (bicyclic) bond motifs is 1. The minimum Gasteiger partial charge on any atom is -0.453 e. The van der Waals surface area contributed by atoms with Gasteiger partial charge in [-0.1, -0.05) is 60.7 Å². The van der Waals surface area contributed by atoms with Crippen molar-refractivity contribution >= 4 is 54.8 Å². The SMILES string of the molecule is COC(=O)N[C@H](C(=O)C[C@H](c1ccc([C@@H](CO)N(CCCC(F)(F)F)S(=O)(=O)c2ccc3ncsc3c2)s1)C(F)(F)F)C(c1ccccc1)c1ccccc1. The standard InChI is InChI=1S/C37H35F6N3O6S3/c1-52-35(49)45-34(33(23-9-4-2-5-10-23)24-11-6-3-7-12-24)29(48)20-26(37(41,42)43)30-15-16-31(54-30)28(21-47)46(18-8-17-36(38,39)40)55(50,51)25-13-14-27-32(19-25)53-22-44-27/h2-7,9-16,19,22,26,28,33-34,47H,8,17-18,20-21H2,1H3,(H,45,49)/t26-,28-,34-/m1/s1. The Bertz CT molecular complexity index is 2120. The Morgan fingerprint density at radius 2 is 1.53 bits per heavy atom. The molecule has 0 unspecified atom stereocenters. The van der Waals surface area contributed by atoms with Crippen LogP contribution in [-0.4, -0.2) is 73.3 Å². The van der Waals surface area contributed by atoms with Crippen LogP contribution in [0.2, 0.25) is 0 Å². The van der Waals surface area contributed by atoms with Gasteiger partial charge < -0.3 is 15.2 Å². The van der Waals surface area contributed by atoms with E-state index in [0.717, 1.165) is 30.6 Å². The van der Waals surface area contributed by atoms with Gasteiger partial charge in [0.2, 0.25) is 10.0 Å². The molecule has 2 aromatic heterocycles. The second-order valence-electron chi connectivity index (χ2n) is 12.4. The lowest BCUT2D eigenvalue weighted by atomic mass is 9.81. The normalized spacial score (nSPS) is 14.2. The maximum atomic E-state index is 14.9. The molecule has 2 heterocycles. The summed E-state index contributed by atoms with van der Waals surface area (Å²) < 4.78 is 118. The maximum Gasteiger partial charge on any atom is 0.407 e. The number of alkyl halides is 6. The summed E-state index contributed by atoms with van der Waals surface area (Å²) in [7, 11) is -3.58. The van der Waals surface area contributed by atoms with Crippen molar-refractivity contribution in [1.82, 2.24) is 14.6 Å². The third-order valence-corrected chi connectivity index (χ3v) is 12.8. The topological polar surface area (TPSA) is 126 Å². The van der Waals surface area contributed by atoms with Gasteiger partial charge in [0.05, 0.1) is 46.3 Å². The number of Topliss-reactive ketones (excluding diaryl/α,β-unsaturated/α-hetero) is 1. The number of sulfonamides is 1. The van der Waals surface area contributed by atoms with Crippen LogP contribution in [0.5, 0.6) is 0 Å². The Labute approximate surface area is 320 Å². The van der Waals surface area contributed by atoms with Crippen molar-refractivity contribution in [1.29, 1.82) is 0 Å². The monoisotopic (exact) mass is 827 g/mol. The van der Waals surface area contributed by atoms with Crippen LogP contribution < -0.4 is 5.32 Å². The first kappa shape index (κ1) is 41.8. The number of aliphatic hydroxyl groups excluding tert-OH is 1. The molecular weight excluding hydrogens is 793 g/mol. The highest BCUT2D eigenvalue weighted by atomic mass is 32.2. The molecule has 5 aromatic rings. The first-order valence-electron chi connectivity index (χ1n) is 16.7. The van der Waals surface area contributed by atoms with E-state index in [-0.39, 0.29) is 9.77 Å². The van der Waals surface area contributed by atoms with Gasteiger partial charge in [0.25, 0.3) is 0 Å². The van der Waals surface area contributed by atoms with Crippen molar-refractivity contribution < 1.29 is 54.2 Å². The lowest BCUT2D eigenvalue weighted by Crippen LogP contribution is -2.46. The molecule has 55 heavy (non-hydrogen) atoms. The number of alkyl carbamates (subject to hydrolysis) is 1. The summed E-state index contributed by atoms with van der Waals surface area (Å²) in [6.07, 6.45) is -13.9. The second-order valence-corrected chi connectivity index (χ2v) is 16.4. The van der Waals surface area contributed by atoms with Gasteiger partial charge >= 0.3 is 18.4 Å². The first-order chi connectivity index (χ1) is 26.0. The van der Waals surface area contributed by atoms with Gasteiger partial charge in [0.1, 0.15) is 6.04 Å². The zero-order chi connectivity index (χ0) is 40.0. The number of thiophene rings is 1. The number of thiazole rings is 1. The molecule has 294 valence electrons. The molecule has 0 radical (unpaired) electrons. The molecule has 2 N–H and O–H groups in total. The number of benzene rings is 3. The molecule has 5 rings (SSSR count). The molecule has 0 aliphatic rings. The lowest BCUT2D eigenvalue weighted by molar-refractivity contribution is -0.156. The van der Waals surface area contributed by atoms with Crippen LogP contribution in [0.25, 0.3) is 10.2 Å². The highest BCUT2D eigenvalue weighted by molar-refractivity contribution is 7.89. The summed E-state index contributed by atoms with van der Waals surface area (Å²) in [5.74, 6) is -4.37. The largest absolute Gasteiger partial charge is 0.453 e. The van der Waals surface area contributed by atoms with Gasteiger partial charge in [0, 0.05) is 35.1 Å². The van der Waals surface area contributed by atoms with Crippen LogP contribution in [0.15, 0.2) is 101 Å². The van der Waals surface area contributed by atoms with E-state index in [1.165, 1.54) is 23.7 Å². The van der Waals surface area contributed by atoms with Crippen molar-refractivity contribution in [3.63, 3.8) is 0 Å². The van der Waals surface area contributed by atoms with E-state index in [4.69, 9.17) is 4.74 Å². The Balaban J connectivity index is 1.51. The Morgan fingerprint density at radius 1 is 0.909 bits per heavy atom. The number of carbonyl (C=O) groups excluding carboxylic acids is 2. The molecule has 0 fully saturated rings. The number of rotatable bonds is 16. The van der Waals surface area contributed by atoms with Crippen LogP contribution in [0.1, 0.15) is 58.0 Å². The van der Waals surface area contributed by atoms with E-state index in [9.17, 15) is 49.5 Å². The highest BCUT2D eigenvalue weighted by Crippen LogP contribution is 2.44. The number of nitrogens with one attached hydrogen (secondary N) is 1. The number of hydrogen-bond donors (Lipinski definition) is 2. The molecule has 0 saturated carbocycles. The number of hydrogen-bond acceptors (Lipinski definition) is 9. The number of ether oxygens (including phenoxy) is 1. The van der Waals surface area contributed by atoms with Crippen LogP contribution in [-0.2, 0) is 19.6 Å². The number of halogens is 6. The van der Waals surface area contributed by atoms with Crippen molar-refractivity contribution in [2.45, 2.75) is 60.4 Å². The number of ketones is 1. The predicted molar refractivity (Wildman–Crippen MR) is 195 cm³/mol. The number of nitrogens with zero attached hydrogens (tertiary/aromatic N) is 2. The minimum atomic E-state index is -5.03. The smallest absolute Gasteiger partial charge is 0.407 e. The van der Waals surface area contributed by atoms with Gasteiger partial charge in [-0.05, 0) is 47.9 Å². The fourth-order valence-corrected chi connectivity index (χ4v) is 9.97. The second kappa shape index (κ2) is 17.6. The van der Waals surface area contributed by atoms with Crippen LogP contribution >= 0.6 is 22.7 Å². The number of aliphatic hydroxyl groups is 1. The number of carbonyl (C=O) groups is 2. The molecule has 0 spiro atoms. The molecule has 0 bridgehead atoms. The van der Waals surface area contributed by atoms with E-state index in [1.807, 2.05) is 0 Å². The van der Waals surface area contributed by atoms with Crippen molar-refractivity contribution in [3.05, 3.63) is 117 Å². The Hall–Kier alpha value is -4.36. The molecular formula is C37H35F6N3O6S3. The summed E-state index contributed by atoms with van der Waals surface area (Å²) in [6, 6.07) is 19.8. The predicted octanol–water partition coefficient (Wildman–Crippen LogP) is 8.59. The van der Waals surface area contributed by atoms with E-state index in [1.54, 1.807) is 60.7 Å². The maximum absolute atomic E-state index is 14.9. The van der Waals surface area contributed by atoms with Gasteiger partial charge in [-0.25, -0.2) is 18.2 Å². The van der Waals surface area contributed by atoms with Crippen molar-refractivity contribution in [2.75, 3.05) is 20.3 Å². The van der Waals surface area contributed by atoms with Crippen molar-refractivity contribution in [2.24, 2.45) is 0 Å². The minimum absolute atomic E-state index is 0.0932. The summed E-state index contributed by atoms with van der Waals surface area (Å²) in [4.78, 5) is 29.9. The van der Waals surface area contributed by atoms with Crippen LogP contribution in [0, 0.1) is 0 Å². The van der Waals surface area contributed by atoms with E-state index >= 15 is 0 Å². The van der Waals surface area contributed by atoms with Gasteiger partial charge in [-0.2, -0.15) is 30.6 Å². The fraction of sp³-hybridized carbons (Fsp3) is 0.324. The third-order valence-electron chi connectivity index (χ3n) is 8.84. The molecule has 0 saturated heterocycles. The number of amides is 1. The zero-order valence-electron chi connectivity index (χ0n) is 29.0. The lowest BCUT2D eigenvalue weighted by Gasteiger charge is -2.30. The van der Waals surface area contributed by atoms with Gasteiger partial charge in [0.15, 0.2) is 5.78 Å². The molecule has 3 atom stereocenters. The Kier molecular flexibility index (Phi) is 13.4. The van der Waals surface area contributed by atoms with Gasteiger partial charge in [-0.15, -0.1) is 22.7 Å². The summed E-state index contributed by atoms with van der Waals surface area (Å²) in [5.41, 5.74) is 3.00. The summed E-state index contributed by atoms with van der Waals surface area (Å²) >= 11 is 1.60. The Morgan fingerprint density at radius 3 is 2.09 bits per heavy atom. The van der Waals surface area contributed by atoms with E-state index in [2.05, 4.69) is 10.3 Å². The van der Waals surface area contributed by atoms with Crippen LogP contribution in [0.4, 0.5) is 31.1 Å². The highest BCUT2D eigenvalue weighted by Gasteiger charge is 2.46. The summed E-state index contributed by atoms with van der Waals surface area (Å²) in [6.45, 7) is -1.70. The third kappa shape index (κ3) is 10.3.